The summed E-state index contributed by atoms with van der Waals surface area (Å²) >= 11 is 12.4. The lowest BCUT2D eigenvalue weighted by Gasteiger charge is -2.02. The topological polar surface area (TPSA) is 34.9 Å². The Morgan fingerprint density at radius 3 is 2.36 bits per heavy atom. The minimum atomic E-state index is -0.367. The molecule has 0 saturated carbocycles. The maximum Gasteiger partial charge on any atom is 0.155 e. The van der Waals surface area contributed by atoms with Gasteiger partial charge in [-0.15, -0.1) is 0 Å². The van der Waals surface area contributed by atoms with Gasteiger partial charge in [0.05, 0.1) is 16.3 Å². The van der Waals surface area contributed by atoms with Crippen LogP contribution in [0.5, 0.6) is 0 Å². The standard InChI is InChI=1S/C16H9Cl2FN2O/c17-14-4-2-1-3-12(14)15-13(9-22)16(18)21(20-15)11-7-5-10(19)6-8-11/h1-9H. The molecule has 0 aliphatic heterocycles. The van der Waals surface area contributed by atoms with Crippen molar-refractivity contribution in [2.75, 3.05) is 0 Å². The van der Waals surface area contributed by atoms with Gasteiger partial charge in [-0.1, -0.05) is 41.4 Å². The first-order valence-corrected chi connectivity index (χ1v) is 7.12. The summed E-state index contributed by atoms with van der Waals surface area (Å²) in [6, 6.07) is 12.7. The van der Waals surface area contributed by atoms with Gasteiger partial charge in [-0.05, 0) is 30.3 Å². The fraction of sp³-hybridized carbons (Fsp3) is 0. The maximum absolute atomic E-state index is 13.0. The summed E-state index contributed by atoms with van der Waals surface area (Å²) in [7, 11) is 0. The average Bonchev–Trinajstić information content (AvgIpc) is 2.85. The molecule has 0 N–H and O–H groups in total. The zero-order valence-electron chi connectivity index (χ0n) is 11.1. The summed E-state index contributed by atoms with van der Waals surface area (Å²) in [5.74, 6) is -0.367. The van der Waals surface area contributed by atoms with Crippen LogP contribution >= 0.6 is 23.2 Å². The van der Waals surface area contributed by atoms with Gasteiger partial charge in [0.2, 0.25) is 0 Å². The molecule has 0 atom stereocenters. The molecule has 0 fully saturated rings. The Kier molecular flexibility index (Phi) is 3.96. The molecule has 0 aliphatic rings. The lowest BCUT2D eigenvalue weighted by atomic mass is 10.1. The second-order valence-electron chi connectivity index (χ2n) is 4.54. The van der Waals surface area contributed by atoms with Crippen LogP contribution in [0.25, 0.3) is 16.9 Å². The van der Waals surface area contributed by atoms with Crippen molar-refractivity contribution in [3.05, 3.63) is 70.1 Å². The summed E-state index contributed by atoms with van der Waals surface area (Å²) < 4.78 is 14.4. The van der Waals surface area contributed by atoms with Crippen molar-refractivity contribution < 1.29 is 9.18 Å². The van der Waals surface area contributed by atoms with Crippen molar-refractivity contribution in [3.8, 4) is 16.9 Å². The van der Waals surface area contributed by atoms with Gasteiger partial charge in [0.15, 0.2) is 6.29 Å². The number of hydrogen-bond acceptors (Lipinski definition) is 2. The summed E-state index contributed by atoms with van der Waals surface area (Å²) in [6.45, 7) is 0. The van der Waals surface area contributed by atoms with E-state index in [4.69, 9.17) is 23.2 Å². The summed E-state index contributed by atoms with van der Waals surface area (Å²) in [4.78, 5) is 11.4. The van der Waals surface area contributed by atoms with E-state index in [9.17, 15) is 9.18 Å². The lowest BCUT2D eigenvalue weighted by molar-refractivity contribution is 0.112. The zero-order chi connectivity index (χ0) is 15.7. The quantitative estimate of drug-likeness (QED) is 0.645. The summed E-state index contributed by atoms with van der Waals surface area (Å²) in [5, 5.41) is 4.97. The van der Waals surface area contributed by atoms with E-state index in [1.54, 1.807) is 24.3 Å². The number of aromatic nitrogens is 2. The third-order valence-corrected chi connectivity index (χ3v) is 3.87. The Balaban J connectivity index is 2.21. The molecule has 0 saturated heterocycles. The fourth-order valence-electron chi connectivity index (χ4n) is 2.12. The van der Waals surface area contributed by atoms with Crippen LogP contribution in [0.15, 0.2) is 48.5 Å². The first-order valence-electron chi connectivity index (χ1n) is 6.36. The highest BCUT2D eigenvalue weighted by molar-refractivity contribution is 6.35. The first kappa shape index (κ1) is 14.8. The predicted octanol–water partition coefficient (Wildman–Crippen LogP) is 4.80. The van der Waals surface area contributed by atoms with E-state index < -0.39 is 0 Å². The molecule has 0 radical (unpaired) electrons. The highest BCUT2D eigenvalue weighted by Crippen LogP contribution is 2.33. The van der Waals surface area contributed by atoms with Gasteiger partial charge in [-0.3, -0.25) is 4.79 Å². The van der Waals surface area contributed by atoms with Crippen LogP contribution in [0.4, 0.5) is 4.39 Å². The van der Waals surface area contributed by atoms with Crippen molar-refractivity contribution in [1.29, 1.82) is 0 Å². The van der Waals surface area contributed by atoms with Crippen LogP contribution in [-0.4, -0.2) is 16.1 Å². The number of carbonyl (C=O) groups is 1. The van der Waals surface area contributed by atoms with Gasteiger partial charge in [0, 0.05) is 5.56 Å². The van der Waals surface area contributed by atoms with Crippen molar-refractivity contribution in [3.63, 3.8) is 0 Å². The number of halogens is 3. The number of nitrogens with zero attached hydrogens (tertiary/aromatic N) is 2. The Bertz CT molecular complexity index is 844. The summed E-state index contributed by atoms with van der Waals surface area (Å²) in [5.41, 5.74) is 1.77. The van der Waals surface area contributed by atoms with E-state index in [0.29, 0.717) is 28.3 Å². The molecule has 3 aromatic rings. The van der Waals surface area contributed by atoms with E-state index >= 15 is 0 Å². The molecule has 110 valence electrons. The molecular formula is C16H9Cl2FN2O. The Hall–Kier alpha value is -2.17. The molecule has 3 nitrogen and oxygen atoms in total. The third-order valence-electron chi connectivity index (χ3n) is 3.18. The van der Waals surface area contributed by atoms with E-state index in [0.717, 1.165) is 0 Å². The van der Waals surface area contributed by atoms with Crippen LogP contribution in [0, 0.1) is 5.82 Å². The Labute approximate surface area is 135 Å². The van der Waals surface area contributed by atoms with Crippen LogP contribution < -0.4 is 0 Å². The zero-order valence-corrected chi connectivity index (χ0v) is 12.6. The van der Waals surface area contributed by atoms with E-state index in [2.05, 4.69) is 5.10 Å². The molecule has 22 heavy (non-hydrogen) atoms. The molecule has 6 heteroatoms. The third kappa shape index (κ3) is 2.51. The first-order chi connectivity index (χ1) is 10.6. The van der Waals surface area contributed by atoms with Crippen molar-refractivity contribution >= 4 is 29.5 Å². The number of hydrogen-bond donors (Lipinski definition) is 0. The Morgan fingerprint density at radius 1 is 1.05 bits per heavy atom. The molecule has 0 aliphatic carbocycles. The van der Waals surface area contributed by atoms with Gasteiger partial charge < -0.3 is 0 Å². The SMILES string of the molecule is O=Cc1c(-c2ccccc2Cl)nn(-c2ccc(F)cc2)c1Cl. The fourth-order valence-corrected chi connectivity index (χ4v) is 2.61. The number of rotatable bonds is 3. The monoisotopic (exact) mass is 334 g/mol. The second-order valence-corrected chi connectivity index (χ2v) is 5.30. The van der Waals surface area contributed by atoms with E-state index in [1.807, 2.05) is 0 Å². The molecule has 0 amide bonds. The number of carbonyl (C=O) groups excluding carboxylic acids is 1. The van der Waals surface area contributed by atoms with Crippen LogP contribution in [0.1, 0.15) is 10.4 Å². The van der Waals surface area contributed by atoms with Crippen molar-refractivity contribution in [2.24, 2.45) is 0 Å². The van der Waals surface area contributed by atoms with Crippen molar-refractivity contribution in [1.82, 2.24) is 9.78 Å². The molecule has 1 aromatic heterocycles. The van der Waals surface area contributed by atoms with E-state index in [1.165, 1.54) is 28.9 Å². The molecule has 0 bridgehead atoms. The average molecular weight is 335 g/mol. The minimum absolute atomic E-state index is 0.150. The molecule has 1 heterocycles. The van der Waals surface area contributed by atoms with Gasteiger partial charge in [0.1, 0.15) is 16.7 Å². The molecule has 0 unspecified atom stereocenters. The largest absolute Gasteiger partial charge is 0.298 e. The van der Waals surface area contributed by atoms with Gasteiger partial charge >= 0.3 is 0 Å². The second kappa shape index (κ2) is 5.91. The molecular weight excluding hydrogens is 326 g/mol. The molecule has 2 aromatic carbocycles. The van der Waals surface area contributed by atoms with Crippen molar-refractivity contribution in [2.45, 2.75) is 0 Å². The number of aldehydes is 1. The Morgan fingerprint density at radius 2 is 1.73 bits per heavy atom. The summed E-state index contributed by atoms with van der Waals surface area (Å²) in [6.07, 6.45) is 0.633. The van der Waals surface area contributed by atoms with Crippen LogP contribution in [-0.2, 0) is 0 Å². The highest BCUT2D eigenvalue weighted by atomic mass is 35.5. The molecule has 0 spiro atoms. The van der Waals surface area contributed by atoms with Crippen LogP contribution in [0.2, 0.25) is 10.2 Å². The van der Waals surface area contributed by atoms with Gasteiger partial charge in [-0.2, -0.15) is 5.10 Å². The number of benzene rings is 2. The van der Waals surface area contributed by atoms with E-state index in [-0.39, 0.29) is 16.5 Å². The minimum Gasteiger partial charge on any atom is -0.298 e. The highest BCUT2D eigenvalue weighted by Gasteiger charge is 2.19. The van der Waals surface area contributed by atoms with Gasteiger partial charge in [0.25, 0.3) is 0 Å². The normalized spacial score (nSPS) is 10.7. The van der Waals surface area contributed by atoms with Crippen LogP contribution in [0.3, 0.4) is 0 Å². The lowest BCUT2D eigenvalue weighted by Crippen LogP contribution is -1.96. The maximum atomic E-state index is 13.0. The van der Waals surface area contributed by atoms with Gasteiger partial charge in [-0.25, -0.2) is 9.07 Å². The smallest absolute Gasteiger partial charge is 0.155 e. The molecule has 3 rings (SSSR count). The predicted molar refractivity (Wildman–Crippen MR) is 84.4 cm³/mol.